The zero-order valence-corrected chi connectivity index (χ0v) is 19.0. The summed E-state index contributed by atoms with van der Waals surface area (Å²) in [6.07, 6.45) is 2.71. The molecule has 162 valence electrons. The lowest BCUT2D eigenvalue weighted by atomic mass is 10.0. The molecule has 0 aliphatic carbocycles. The Hall–Kier alpha value is -2.70. The van der Waals surface area contributed by atoms with Crippen LogP contribution in [0.25, 0.3) is 10.6 Å². The van der Waals surface area contributed by atoms with E-state index in [1.54, 1.807) is 18.4 Å². The second kappa shape index (κ2) is 10.1. The lowest BCUT2D eigenvalue weighted by Gasteiger charge is -2.28. The van der Waals surface area contributed by atoms with Crippen LogP contribution >= 0.6 is 11.3 Å². The summed E-state index contributed by atoms with van der Waals surface area (Å²) in [6.45, 7) is 4.77. The third kappa shape index (κ3) is 5.51. The van der Waals surface area contributed by atoms with Crippen molar-refractivity contribution in [3.63, 3.8) is 0 Å². The molecule has 1 unspecified atom stereocenters. The van der Waals surface area contributed by atoms with Gasteiger partial charge in [-0.2, -0.15) is 0 Å². The molecule has 0 radical (unpaired) electrons. The molecule has 0 saturated carbocycles. The van der Waals surface area contributed by atoms with Crippen molar-refractivity contribution < 1.29 is 9.53 Å². The number of amides is 1. The van der Waals surface area contributed by atoms with Gasteiger partial charge in [0.25, 0.3) is 0 Å². The van der Waals surface area contributed by atoms with Crippen LogP contribution in [0.3, 0.4) is 0 Å². The number of aromatic nitrogens is 1. The summed E-state index contributed by atoms with van der Waals surface area (Å²) < 4.78 is 5.40. The van der Waals surface area contributed by atoms with Gasteiger partial charge in [-0.1, -0.05) is 42.0 Å². The number of nitrogens with one attached hydrogen (secondary N) is 1. The van der Waals surface area contributed by atoms with Gasteiger partial charge in [0.05, 0.1) is 25.3 Å². The Morgan fingerprint density at radius 1 is 1.19 bits per heavy atom. The van der Waals surface area contributed by atoms with Crippen molar-refractivity contribution in [3.8, 4) is 16.3 Å². The van der Waals surface area contributed by atoms with Crippen LogP contribution in [0.4, 0.5) is 0 Å². The van der Waals surface area contributed by atoms with Crippen molar-refractivity contribution >= 4 is 17.2 Å². The van der Waals surface area contributed by atoms with E-state index in [-0.39, 0.29) is 11.9 Å². The zero-order chi connectivity index (χ0) is 21.6. The highest BCUT2D eigenvalue weighted by atomic mass is 32.1. The summed E-state index contributed by atoms with van der Waals surface area (Å²) in [5, 5.41) is 6.08. The molecule has 1 aliphatic rings. The van der Waals surface area contributed by atoms with Crippen LogP contribution in [0.5, 0.6) is 5.75 Å². The van der Waals surface area contributed by atoms with Gasteiger partial charge in [0.2, 0.25) is 5.91 Å². The summed E-state index contributed by atoms with van der Waals surface area (Å²) in [6, 6.07) is 16.6. The van der Waals surface area contributed by atoms with Gasteiger partial charge in [0, 0.05) is 17.5 Å². The smallest absolute Gasteiger partial charge is 0.226 e. The molecule has 2 heterocycles. The second-order valence-electron chi connectivity index (χ2n) is 8.03. The molecule has 5 nitrogen and oxygen atoms in total. The number of thiazole rings is 1. The normalized spacial score (nSPS) is 15.0. The fourth-order valence-corrected chi connectivity index (χ4v) is 4.84. The van der Waals surface area contributed by atoms with Crippen LogP contribution in [-0.2, 0) is 11.2 Å². The molecule has 1 aromatic heterocycles. The van der Waals surface area contributed by atoms with Crippen LogP contribution in [0.2, 0.25) is 0 Å². The Morgan fingerprint density at radius 3 is 2.71 bits per heavy atom. The molecule has 2 aromatic carbocycles. The Balaban J connectivity index is 1.39. The summed E-state index contributed by atoms with van der Waals surface area (Å²) in [5.41, 5.74) is 4.31. The molecule has 31 heavy (non-hydrogen) atoms. The fourth-order valence-electron chi connectivity index (χ4n) is 4.01. The molecule has 6 heteroatoms. The minimum atomic E-state index is 0.00727. The summed E-state index contributed by atoms with van der Waals surface area (Å²) in [4.78, 5) is 19.8. The van der Waals surface area contributed by atoms with Gasteiger partial charge >= 0.3 is 0 Å². The first-order chi connectivity index (χ1) is 15.1. The van der Waals surface area contributed by atoms with Gasteiger partial charge in [-0.3, -0.25) is 9.69 Å². The van der Waals surface area contributed by atoms with Crippen molar-refractivity contribution in [2.24, 2.45) is 0 Å². The van der Waals surface area contributed by atoms with Crippen molar-refractivity contribution in [1.82, 2.24) is 15.2 Å². The molecule has 0 bridgehead atoms. The molecule has 1 N–H and O–H groups in total. The number of carbonyl (C=O) groups excluding carboxylic acids is 1. The first-order valence-electron chi connectivity index (χ1n) is 10.8. The van der Waals surface area contributed by atoms with E-state index in [4.69, 9.17) is 4.74 Å². The third-order valence-electron chi connectivity index (χ3n) is 5.74. The molecular formula is C25H29N3O2S. The number of aryl methyl sites for hydroxylation is 1. The van der Waals surface area contributed by atoms with Crippen LogP contribution in [0, 0.1) is 6.92 Å². The summed E-state index contributed by atoms with van der Waals surface area (Å²) in [7, 11) is 1.68. The predicted molar refractivity (Wildman–Crippen MR) is 126 cm³/mol. The SMILES string of the molecule is COc1cccc(C(CNC(=O)Cc2csc(-c3ccc(C)cc3)n2)N2CCCC2)c1. The Bertz CT molecular complexity index is 1010. The largest absolute Gasteiger partial charge is 0.497 e. The van der Waals surface area contributed by atoms with E-state index in [0.29, 0.717) is 13.0 Å². The highest BCUT2D eigenvalue weighted by molar-refractivity contribution is 7.13. The van der Waals surface area contributed by atoms with E-state index in [1.165, 1.54) is 24.0 Å². The van der Waals surface area contributed by atoms with E-state index in [2.05, 4.69) is 58.5 Å². The lowest BCUT2D eigenvalue weighted by molar-refractivity contribution is -0.120. The lowest BCUT2D eigenvalue weighted by Crippen LogP contribution is -2.37. The van der Waals surface area contributed by atoms with Gasteiger partial charge in [-0.15, -0.1) is 11.3 Å². The number of benzene rings is 2. The van der Waals surface area contributed by atoms with Gasteiger partial charge < -0.3 is 10.1 Å². The minimum absolute atomic E-state index is 0.00727. The summed E-state index contributed by atoms with van der Waals surface area (Å²) >= 11 is 1.58. The van der Waals surface area contributed by atoms with Gasteiger partial charge in [0.15, 0.2) is 0 Å². The molecule has 1 atom stereocenters. The number of carbonyl (C=O) groups is 1. The van der Waals surface area contributed by atoms with Crippen LogP contribution in [0.1, 0.15) is 35.7 Å². The van der Waals surface area contributed by atoms with Crippen molar-refractivity contribution in [2.45, 2.75) is 32.2 Å². The quantitative estimate of drug-likeness (QED) is 0.561. The Kier molecular flexibility index (Phi) is 6.99. The molecule has 1 amide bonds. The maximum Gasteiger partial charge on any atom is 0.226 e. The average molecular weight is 436 g/mol. The molecule has 3 aromatic rings. The summed E-state index contributed by atoms with van der Waals surface area (Å²) in [5.74, 6) is 0.854. The van der Waals surface area contributed by atoms with Crippen LogP contribution in [-0.4, -0.2) is 42.5 Å². The van der Waals surface area contributed by atoms with E-state index >= 15 is 0 Å². The Morgan fingerprint density at radius 2 is 1.97 bits per heavy atom. The van der Waals surface area contributed by atoms with E-state index < -0.39 is 0 Å². The number of hydrogen-bond acceptors (Lipinski definition) is 5. The molecule has 0 spiro atoms. The zero-order valence-electron chi connectivity index (χ0n) is 18.1. The predicted octanol–water partition coefficient (Wildman–Crippen LogP) is 4.62. The first-order valence-corrected chi connectivity index (χ1v) is 11.7. The maximum absolute atomic E-state index is 12.7. The number of ether oxygens (including phenoxy) is 1. The van der Waals surface area contributed by atoms with E-state index in [0.717, 1.165) is 35.1 Å². The van der Waals surface area contributed by atoms with Gasteiger partial charge in [-0.25, -0.2) is 4.98 Å². The molecule has 1 saturated heterocycles. The molecular weight excluding hydrogens is 406 g/mol. The van der Waals surface area contributed by atoms with Crippen LogP contribution < -0.4 is 10.1 Å². The second-order valence-corrected chi connectivity index (χ2v) is 8.88. The number of rotatable bonds is 8. The number of nitrogens with zero attached hydrogens (tertiary/aromatic N) is 2. The molecule has 1 aliphatic heterocycles. The monoisotopic (exact) mass is 435 g/mol. The number of hydrogen-bond donors (Lipinski definition) is 1. The first kappa shape index (κ1) is 21.5. The molecule has 1 fully saturated rings. The standard InChI is InChI=1S/C25H29N3O2S/c1-18-8-10-19(11-9-18)25-27-21(17-31-25)15-24(29)26-16-23(28-12-3-4-13-28)20-6-5-7-22(14-20)30-2/h5-11,14,17,23H,3-4,12-13,15-16H2,1-2H3,(H,26,29). The van der Waals surface area contributed by atoms with Gasteiger partial charge in [0.1, 0.15) is 10.8 Å². The number of methoxy groups -OCH3 is 1. The van der Waals surface area contributed by atoms with Crippen molar-refractivity contribution in [1.29, 1.82) is 0 Å². The Labute approximate surface area is 188 Å². The van der Waals surface area contributed by atoms with E-state index in [1.807, 2.05) is 17.5 Å². The average Bonchev–Trinajstić information content (AvgIpc) is 3.47. The van der Waals surface area contributed by atoms with E-state index in [9.17, 15) is 4.79 Å². The topological polar surface area (TPSA) is 54.5 Å². The van der Waals surface area contributed by atoms with Crippen molar-refractivity contribution in [2.75, 3.05) is 26.7 Å². The third-order valence-corrected chi connectivity index (χ3v) is 6.68. The van der Waals surface area contributed by atoms with Crippen LogP contribution in [0.15, 0.2) is 53.9 Å². The maximum atomic E-state index is 12.7. The highest BCUT2D eigenvalue weighted by Gasteiger charge is 2.24. The van der Waals surface area contributed by atoms with Gasteiger partial charge in [-0.05, 0) is 50.6 Å². The fraction of sp³-hybridized carbons (Fsp3) is 0.360. The molecule has 4 rings (SSSR count). The highest BCUT2D eigenvalue weighted by Crippen LogP contribution is 2.27. The van der Waals surface area contributed by atoms with Crippen molar-refractivity contribution in [3.05, 3.63) is 70.7 Å². The minimum Gasteiger partial charge on any atom is -0.497 e. The number of likely N-dealkylation sites (tertiary alicyclic amines) is 1.